The van der Waals surface area contributed by atoms with Gasteiger partial charge >= 0.3 is 5.97 Å². The van der Waals surface area contributed by atoms with Crippen LogP contribution in [-0.4, -0.2) is 34.8 Å². The molecule has 2 fully saturated rings. The van der Waals surface area contributed by atoms with Crippen LogP contribution >= 0.6 is 0 Å². The molecule has 138 valence electrons. The maximum absolute atomic E-state index is 13.0. The van der Waals surface area contributed by atoms with E-state index in [1.807, 2.05) is 27.7 Å². The summed E-state index contributed by atoms with van der Waals surface area (Å²) in [6.07, 6.45) is 1.45. The molecule has 0 spiro atoms. The third-order valence-electron chi connectivity index (χ3n) is 6.34. The standard InChI is InChI=1S/C20H28O5/c1-11(2)16-13-7-8-19(5,25-17(23)20(6)12(3)24-20)15(22)10-18(13,4)9-14(16)21/h11-12H,7-10H2,1-6H3/t12-,18-,19+,20-/m1/s1. The number of allylic oxidation sites excluding steroid dienone is 2. The minimum absolute atomic E-state index is 0.104. The lowest BCUT2D eigenvalue weighted by molar-refractivity contribution is -0.171. The van der Waals surface area contributed by atoms with E-state index < -0.39 is 22.6 Å². The van der Waals surface area contributed by atoms with Crippen molar-refractivity contribution >= 4 is 17.5 Å². The molecule has 4 atom stereocenters. The van der Waals surface area contributed by atoms with Crippen molar-refractivity contribution in [2.45, 2.75) is 84.5 Å². The highest BCUT2D eigenvalue weighted by Gasteiger charge is 2.59. The molecule has 1 saturated carbocycles. The Hall–Kier alpha value is -1.49. The minimum Gasteiger partial charge on any atom is -0.449 e. The third-order valence-corrected chi connectivity index (χ3v) is 6.34. The second-order valence-corrected chi connectivity index (χ2v) is 8.79. The summed E-state index contributed by atoms with van der Waals surface area (Å²) in [5, 5.41) is 0. The predicted molar refractivity (Wildman–Crippen MR) is 91.9 cm³/mol. The van der Waals surface area contributed by atoms with Crippen molar-refractivity contribution in [3.05, 3.63) is 11.1 Å². The summed E-state index contributed by atoms with van der Waals surface area (Å²) < 4.78 is 11.0. The van der Waals surface area contributed by atoms with E-state index in [0.717, 1.165) is 11.1 Å². The zero-order valence-corrected chi connectivity index (χ0v) is 16.0. The van der Waals surface area contributed by atoms with Crippen LogP contribution in [0.3, 0.4) is 0 Å². The van der Waals surface area contributed by atoms with Crippen LogP contribution in [0.4, 0.5) is 0 Å². The number of rotatable bonds is 3. The molecular weight excluding hydrogens is 320 g/mol. The van der Waals surface area contributed by atoms with Crippen molar-refractivity contribution in [1.29, 1.82) is 0 Å². The van der Waals surface area contributed by atoms with Gasteiger partial charge in [0.2, 0.25) is 0 Å². The molecular formula is C20H28O5. The molecule has 3 aliphatic rings. The zero-order valence-electron chi connectivity index (χ0n) is 16.0. The van der Waals surface area contributed by atoms with Crippen molar-refractivity contribution in [3.63, 3.8) is 0 Å². The first kappa shape index (κ1) is 18.3. The Labute approximate surface area is 149 Å². The fourth-order valence-corrected chi connectivity index (χ4v) is 4.33. The summed E-state index contributed by atoms with van der Waals surface area (Å²) >= 11 is 0. The topological polar surface area (TPSA) is 73.0 Å². The Morgan fingerprint density at radius 1 is 1.20 bits per heavy atom. The van der Waals surface area contributed by atoms with E-state index >= 15 is 0 Å². The third kappa shape index (κ3) is 2.77. The van der Waals surface area contributed by atoms with Gasteiger partial charge in [0.05, 0.1) is 6.10 Å². The van der Waals surface area contributed by atoms with Crippen LogP contribution in [0.25, 0.3) is 0 Å². The average molecular weight is 348 g/mol. The molecule has 0 radical (unpaired) electrons. The molecule has 5 heteroatoms. The normalized spacial score (nSPS) is 41.0. The number of carbonyl (C=O) groups excluding carboxylic acids is 3. The Morgan fingerprint density at radius 2 is 1.80 bits per heavy atom. The summed E-state index contributed by atoms with van der Waals surface area (Å²) in [4.78, 5) is 37.9. The maximum Gasteiger partial charge on any atom is 0.341 e. The molecule has 0 amide bonds. The van der Waals surface area contributed by atoms with E-state index in [0.29, 0.717) is 19.3 Å². The number of carbonyl (C=O) groups is 3. The maximum atomic E-state index is 13.0. The van der Waals surface area contributed by atoms with Crippen molar-refractivity contribution < 1.29 is 23.9 Å². The van der Waals surface area contributed by atoms with Gasteiger partial charge in [0.1, 0.15) is 0 Å². The van der Waals surface area contributed by atoms with Crippen LogP contribution < -0.4 is 0 Å². The molecule has 1 aliphatic heterocycles. The largest absolute Gasteiger partial charge is 0.449 e. The molecule has 0 aromatic carbocycles. The van der Waals surface area contributed by atoms with E-state index in [2.05, 4.69) is 0 Å². The van der Waals surface area contributed by atoms with Gasteiger partial charge in [-0.2, -0.15) is 0 Å². The van der Waals surface area contributed by atoms with Crippen molar-refractivity contribution in [3.8, 4) is 0 Å². The Balaban J connectivity index is 1.88. The highest BCUT2D eigenvalue weighted by atomic mass is 16.7. The van der Waals surface area contributed by atoms with Crippen molar-refractivity contribution in [2.24, 2.45) is 11.3 Å². The molecule has 5 nitrogen and oxygen atoms in total. The predicted octanol–water partition coefficient (Wildman–Crippen LogP) is 3.15. The van der Waals surface area contributed by atoms with Gasteiger partial charge in [-0.1, -0.05) is 26.3 Å². The molecule has 25 heavy (non-hydrogen) atoms. The molecule has 0 bridgehead atoms. The Morgan fingerprint density at radius 3 is 2.32 bits per heavy atom. The second-order valence-electron chi connectivity index (χ2n) is 8.79. The summed E-state index contributed by atoms with van der Waals surface area (Å²) in [5.41, 5.74) is -0.573. The average Bonchev–Trinajstić information content (AvgIpc) is 3.02. The lowest BCUT2D eigenvalue weighted by atomic mass is 9.78. The molecule has 1 saturated heterocycles. The molecule has 0 aromatic rings. The van der Waals surface area contributed by atoms with Gasteiger partial charge in [0, 0.05) is 18.3 Å². The van der Waals surface area contributed by atoms with Crippen molar-refractivity contribution in [2.75, 3.05) is 0 Å². The fraction of sp³-hybridized carbons (Fsp3) is 0.750. The summed E-state index contributed by atoms with van der Waals surface area (Å²) in [6.45, 7) is 11.2. The number of ketones is 2. The molecule has 0 unspecified atom stereocenters. The number of ether oxygens (including phenoxy) is 2. The quantitative estimate of drug-likeness (QED) is 0.579. The van der Waals surface area contributed by atoms with Crippen molar-refractivity contribution in [1.82, 2.24) is 0 Å². The number of Topliss-reactive ketones (excluding diaryl/α,β-unsaturated/α-hetero) is 2. The van der Waals surface area contributed by atoms with Gasteiger partial charge in [-0.3, -0.25) is 9.59 Å². The summed E-state index contributed by atoms with van der Waals surface area (Å²) in [5.74, 6) is -0.269. The molecule has 0 aromatic heterocycles. The van der Waals surface area contributed by atoms with E-state index in [-0.39, 0.29) is 30.0 Å². The van der Waals surface area contributed by atoms with Crippen LogP contribution in [0.1, 0.15) is 67.2 Å². The second kappa shape index (κ2) is 5.50. The lowest BCUT2D eigenvalue weighted by Gasteiger charge is -2.29. The summed E-state index contributed by atoms with van der Waals surface area (Å²) in [6, 6.07) is 0. The number of fused-ring (bicyclic) bond motifs is 1. The Kier molecular flexibility index (Phi) is 4.03. The first-order chi connectivity index (χ1) is 11.4. The van der Waals surface area contributed by atoms with E-state index in [1.54, 1.807) is 13.8 Å². The smallest absolute Gasteiger partial charge is 0.341 e. The van der Waals surface area contributed by atoms with Crippen LogP contribution in [0, 0.1) is 11.3 Å². The molecule has 0 N–H and O–H groups in total. The number of hydrogen-bond acceptors (Lipinski definition) is 5. The van der Waals surface area contributed by atoms with Crippen LogP contribution in [0.15, 0.2) is 11.1 Å². The summed E-state index contributed by atoms with van der Waals surface area (Å²) in [7, 11) is 0. The number of esters is 1. The van der Waals surface area contributed by atoms with Crippen LogP contribution in [-0.2, 0) is 23.9 Å². The van der Waals surface area contributed by atoms with Gasteiger partial charge in [0.25, 0.3) is 0 Å². The van der Waals surface area contributed by atoms with Gasteiger partial charge in [0.15, 0.2) is 22.8 Å². The highest BCUT2D eigenvalue weighted by molar-refractivity contribution is 6.02. The van der Waals surface area contributed by atoms with Gasteiger partial charge in [-0.25, -0.2) is 4.79 Å². The molecule has 2 aliphatic carbocycles. The lowest BCUT2D eigenvalue weighted by Crippen LogP contribution is -2.44. The van der Waals surface area contributed by atoms with Gasteiger partial charge in [-0.15, -0.1) is 0 Å². The molecule has 1 heterocycles. The van der Waals surface area contributed by atoms with Gasteiger partial charge < -0.3 is 9.47 Å². The minimum atomic E-state index is -1.16. The first-order valence-corrected chi connectivity index (χ1v) is 9.14. The highest BCUT2D eigenvalue weighted by Crippen LogP contribution is 2.52. The SMILES string of the molecule is CC(C)C1=C2CC[C@](C)(OC(=O)[C@]3(C)O[C@@H]3C)C(=O)C[C@@]2(C)CC1=O. The number of hydrogen-bond donors (Lipinski definition) is 0. The molecule has 3 rings (SSSR count). The zero-order chi connectivity index (χ0) is 18.8. The van der Waals surface area contributed by atoms with Crippen LogP contribution in [0.5, 0.6) is 0 Å². The van der Waals surface area contributed by atoms with Crippen LogP contribution in [0.2, 0.25) is 0 Å². The first-order valence-electron chi connectivity index (χ1n) is 9.14. The monoisotopic (exact) mass is 348 g/mol. The van der Waals surface area contributed by atoms with Gasteiger partial charge in [-0.05, 0) is 45.1 Å². The fourth-order valence-electron chi connectivity index (χ4n) is 4.33. The number of epoxide rings is 1. The van der Waals surface area contributed by atoms with E-state index in [1.165, 1.54) is 0 Å². The van der Waals surface area contributed by atoms with E-state index in [4.69, 9.17) is 9.47 Å². The van der Waals surface area contributed by atoms with E-state index in [9.17, 15) is 14.4 Å². The Bertz CT molecular complexity index is 690.